The Balaban J connectivity index is 2.37. The molecule has 0 aliphatic rings. The lowest BCUT2D eigenvalue weighted by atomic mass is 10.1. The minimum absolute atomic E-state index is 1.02. The fourth-order valence-corrected chi connectivity index (χ4v) is 1.52. The van der Waals surface area contributed by atoms with E-state index in [0.717, 1.165) is 17.3 Å². The first-order chi connectivity index (χ1) is 6.42. The molecule has 1 aromatic carbocycles. The third-order valence-electron chi connectivity index (χ3n) is 2.27. The number of fused-ring (bicyclic) bond motifs is 1. The normalized spacial score (nSPS) is 10.8. The Kier molecular flexibility index (Phi) is 2.30. The summed E-state index contributed by atoms with van der Waals surface area (Å²) in [6.45, 7) is 2.20. The summed E-state index contributed by atoms with van der Waals surface area (Å²) in [7, 11) is 0. The van der Waals surface area contributed by atoms with Gasteiger partial charge in [0.1, 0.15) is 11.8 Å². The van der Waals surface area contributed by atoms with Gasteiger partial charge >= 0.3 is 0 Å². The molecule has 13 heavy (non-hydrogen) atoms. The summed E-state index contributed by atoms with van der Waals surface area (Å²) in [4.78, 5) is 0. The van der Waals surface area contributed by atoms with Crippen LogP contribution in [0, 0.1) is 0 Å². The van der Waals surface area contributed by atoms with Gasteiger partial charge in [0.05, 0.1) is 0 Å². The Hall–Kier alpha value is -1.31. The Bertz CT molecular complexity index is 392. The average molecular weight is 175 g/mol. The number of aryl methyl sites for hydroxylation is 1. The van der Waals surface area contributed by atoms with Crippen LogP contribution < -0.4 is 0 Å². The molecule has 0 N–H and O–H groups in total. The Morgan fingerprint density at radius 3 is 3.15 bits per heavy atom. The third kappa shape index (κ3) is 1.57. The van der Waals surface area contributed by atoms with Gasteiger partial charge in [-0.2, -0.15) is 0 Å². The van der Waals surface area contributed by atoms with Crippen molar-refractivity contribution in [1.29, 1.82) is 0 Å². The van der Waals surface area contributed by atoms with Gasteiger partial charge in [0, 0.05) is 5.39 Å². The fraction of sp³-hybridized carbons (Fsp3) is 0.364. The van der Waals surface area contributed by atoms with E-state index in [-0.39, 0.29) is 0 Å². The van der Waals surface area contributed by atoms with Gasteiger partial charge in [0.15, 0.2) is 0 Å². The van der Waals surface area contributed by atoms with E-state index in [1.54, 1.807) is 6.26 Å². The second-order valence-electron chi connectivity index (χ2n) is 3.27. The van der Waals surface area contributed by atoms with E-state index in [1.165, 1.54) is 18.4 Å². The SMILES string of the molecule is CCCCc1cccc2conc12. The molecule has 0 fully saturated rings. The minimum atomic E-state index is 1.02. The molecule has 2 rings (SSSR count). The molecule has 0 amide bonds. The topological polar surface area (TPSA) is 26.0 Å². The van der Waals surface area contributed by atoms with Crippen LogP contribution in [0.3, 0.4) is 0 Å². The zero-order valence-electron chi connectivity index (χ0n) is 7.79. The molecule has 2 aromatic rings. The Morgan fingerprint density at radius 1 is 1.38 bits per heavy atom. The molecule has 0 saturated heterocycles. The van der Waals surface area contributed by atoms with Gasteiger partial charge in [-0.3, -0.25) is 0 Å². The first-order valence-corrected chi connectivity index (χ1v) is 4.74. The Labute approximate surface area is 77.5 Å². The van der Waals surface area contributed by atoms with Crippen LogP contribution in [-0.4, -0.2) is 5.16 Å². The lowest BCUT2D eigenvalue weighted by molar-refractivity contribution is 0.428. The van der Waals surface area contributed by atoms with Crippen molar-refractivity contribution in [2.75, 3.05) is 0 Å². The van der Waals surface area contributed by atoms with E-state index >= 15 is 0 Å². The van der Waals surface area contributed by atoms with Gasteiger partial charge in [-0.15, -0.1) is 0 Å². The van der Waals surface area contributed by atoms with Crippen molar-refractivity contribution >= 4 is 10.9 Å². The van der Waals surface area contributed by atoms with Crippen LogP contribution in [0.1, 0.15) is 25.3 Å². The molecule has 0 radical (unpaired) electrons. The number of nitrogens with zero attached hydrogens (tertiary/aromatic N) is 1. The summed E-state index contributed by atoms with van der Waals surface area (Å²) in [5.74, 6) is 0. The molecule has 0 aliphatic carbocycles. The summed E-state index contributed by atoms with van der Waals surface area (Å²) < 4.78 is 4.94. The molecule has 2 nitrogen and oxygen atoms in total. The lowest BCUT2D eigenvalue weighted by Gasteiger charge is -1.98. The van der Waals surface area contributed by atoms with Crippen LogP contribution in [0.2, 0.25) is 0 Å². The maximum atomic E-state index is 4.94. The van der Waals surface area contributed by atoms with Gasteiger partial charge in [-0.1, -0.05) is 30.6 Å². The van der Waals surface area contributed by atoms with E-state index in [0.29, 0.717) is 0 Å². The van der Waals surface area contributed by atoms with Gasteiger partial charge < -0.3 is 4.52 Å². The van der Waals surface area contributed by atoms with Gasteiger partial charge in [-0.25, -0.2) is 0 Å². The summed E-state index contributed by atoms with van der Waals surface area (Å²) in [6, 6.07) is 6.21. The van der Waals surface area contributed by atoms with E-state index in [1.807, 2.05) is 6.07 Å². The number of benzene rings is 1. The number of rotatable bonds is 3. The first-order valence-electron chi connectivity index (χ1n) is 4.74. The van der Waals surface area contributed by atoms with Crippen LogP contribution in [0.4, 0.5) is 0 Å². The van der Waals surface area contributed by atoms with Crippen LogP contribution in [0.15, 0.2) is 29.0 Å². The lowest BCUT2D eigenvalue weighted by Crippen LogP contribution is -1.85. The number of aromatic nitrogens is 1. The molecule has 68 valence electrons. The molecule has 0 aliphatic heterocycles. The van der Waals surface area contributed by atoms with Gasteiger partial charge in [0.2, 0.25) is 0 Å². The molecule has 1 heterocycles. The van der Waals surface area contributed by atoms with Crippen molar-refractivity contribution in [3.05, 3.63) is 30.0 Å². The maximum Gasteiger partial charge on any atom is 0.131 e. The molecule has 0 saturated carbocycles. The maximum absolute atomic E-state index is 4.94. The zero-order valence-corrected chi connectivity index (χ0v) is 7.79. The Morgan fingerprint density at radius 2 is 2.31 bits per heavy atom. The molecule has 1 aromatic heterocycles. The monoisotopic (exact) mass is 175 g/mol. The highest BCUT2D eigenvalue weighted by Crippen LogP contribution is 2.18. The second kappa shape index (κ2) is 3.60. The highest BCUT2D eigenvalue weighted by molar-refractivity contribution is 5.80. The van der Waals surface area contributed by atoms with Crippen LogP contribution in [-0.2, 0) is 6.42 Å². The van der Waals surface area contributed by atoms with Crippen molar-refractivity contribution in [3.63, 3.8) is 0 Å². The quantitative estimate of drug-likeness (QED) is 0.716. The van der Waals surface area contributed by atoms with Crippen LogP contribution in [0.25, 0.3) is 10.9 Å². The largest absolute Gasteiger partial charge is 0.363 e. The number of hydrogen-bond donors (Lipinski definition) is 0. The van der Waals surface area contributed by atoms with Crippen molar-refractivity contribution in [1.82, 2.24) is 5.16 Å². The number of unbranched alkanes of at least 4 members (excludes halogenated alkanes) is 1. The predicted molar refractivity (Wildman–Crippen MR) is 52.6 cm³/mol. The summed E-state index contributed by atoms with van der Waals surface area (Å²) in [5.41, 5.74) is 2.32. The van der Waals surface area contributed by atoms with Gasteiger partial charge in [0.25, 0.3) is 0 Å². The van der Waals surface area contributed by atoms with Crippen molar-refractivity contribution in [2.45, 2.75) is 26.2 Å². The molecule has 0 atom stereocenters. The van der Waals surface area contributed by atoms with Crippen molar-refractivity contribution < 1.29 is 4.52 Å². The minimum Gasteiger partial charge on any atom is -0.363 e. The smallest absolute Gasteiger partial charge is 0.131 e. The second-order valence-corrected chi connectivity index (χ2v) is 3.27. The van der Waals surface area contributed by atoms with Crippen molar-refractivity contribution in [3.8, 4) is 0 Å². The van der Waals surface area contributed by atoms with E-state index < -0.39 is 0 Å². The van der Waals surface area contributed by atoms with Gasteiger partial charge in [-0.05, 0) is 24.5 Å². The summed E-state index contributed by atoms with van der Waals surface area (Å²) in [5, 5.41) is 5.10. The fourth-order valence-electron chi connectivity index (χ4n) is 1.52. The molecule has 0 spiro atoms. The standard InChI is InChI=1S/C11H13NO/c1-2-3-5-9-6-4-7-10-8-13-12-11(9)10/h4,6-8H,2-3,5H2,1H3. The van der Waals surface area contributed by atoms with E-state index in [2.05, 4.69) is 24.2 Å². The highest BCUT2D eigenvalue weighted by atomic mass is 16.5. The highest BCUT2D eigenvalue weighted by Gasteiger charge is 2.02. The van der Waals surface area contributed by atoms with Crippen molar-refractivity contribution in [2.24, 2.45) is 0 Å². The molecule has 2 heteroatoms. The first kappa shape index (κ1) is 8.30. The predicted octanol–water partition coefficient (Wildman–Crippen LogP) is 3.17. The zero-order chi connectivity index (χ0) is 9.10. The molecular formula is C11H13NO. The summed E-state index contributed by atoms with van der Waals surface area (Å²) >= 11 is 0. The van der Waals surface area contributed by atoms with E-state index in [4.69, 9.17) is 4.52 Å². The van der Waals surface area contributed by atoms with E-state index in [9.17, 15) is 0 Å². The third-order valence-corrected chi connectivity index (χ3v) is 2.27. The van der Waals surface area contributed by atoms with Crippen LogP contribution >= 0.6 is 0 Å². The molecular weight excluding hydrogens is 162 g/mol. The summed E-state index contributed by atoms with van der Waals surface area (Å²) in [6.07, 6.45) is 5.23. The number of hydrogen-bond acceptors (Lipinski definition) is 2. The molecule has 0 bridgehead atoms. The molecule has 0 unspecified atom stereocenters. The average Bonchev–Trinajstić information content (AvgIpc) is 2.62. The van der Waals surface area contributed by atoms with Crippen LogP contribution in [0.5, 0.6) is 0 Å².